The second-order valence-electron chi connectivity index (χ2n) is 4.87. The van der Waals surface area contributed by atoms with Gasteiger partial charge in [0.05, 0.1) is 18.3 Å². The molecule has 0 saturated heterocycles. The van der Waals surface area contributed by atoms with Gasteiger partial charge in [0.15, 0.2) is 5.75 Å². The molecule has 0 spiro atoms. The van der Waals surface area contributed by atoms with Crippen LogP contribution in [-0.4, -0.2) is 34.5 Å². The first-order chi connectivity index (χ1) is 12.1. The maximum atomic E-state index is 12.0. The van der Waals surface area contributed by atoms with Crippen molar-refractivity contribution in [2.45, 2.75) is 6.18 Å². The van der Waals surface area contributed by atoms with Crippen LogP contribution in [0, 0.1) is 0 Å². The smallest absolute Gasteiger partial charge is 0.490 e. The van der Waals surface area contributed by atoms with Crippen LogP contribution in [0.3, 0.4) is 0 Å². The average molecular weight is 387 g/mol. The number of hydrogen-bond acceptors (Lipinski definition) is 5. The van der Waals surface area contributed by atoms with Gasteiger partial charge in [0.1, 0.15) is 10.4 Å². The number of benzene rings is 1. The molecule has 3 rings (SSSR count). The van der Waals surface area contributed by atoms with Gasteiger partial charge in [0.25, 0.3) is 0 Å². The lowest BCUT2D eigenvalue weighted by molar-refractivity contribution is -0.192. The summed E-state index contributed by atoms with van der Waals surface area (Å²) in [6, 6.07) is 8.98. The van der Waals surface area contributed by atoms with Crippen LogP contribution in [0.25, 0.3) is 21.5 Å². The topological polar surface area (TPSA) is 99.6 Å². The summed E-state index contributed by atoms with van der Waals surface area (Å²) in [7, 11) is 1.59. The third-order valence-electron chi connectivity index (χ3n) is 3.20. The molecule has 0 bridgehead atoms. The van der Waals surface area contributed by atoms with E-state index in [1.54, 1.807) is 31.4 Å². The summed E-state index contributed by atoms with van der Waals surface area (Å²) in [5.74, 6) is -2.28. The number of carboxylic acids is 1. The Morgan fingerprint density at radius 3 is 2.27 bits per heavy atom. The quantitative estimate of drug-likeness (QED) is 0.624. The van der Waals surface area contributed by atoms with Gasteiger partial charge in [-0.25, -0.2) is 4.79 Å². The molecule has 6 nitrogen and oxygen atoms in total. The fraction of sp³-hybridized carbons (Fsp3) is 0.125. The number of aromatic hydroxyl groups is 1. The Bertz CT molecular complexity index is 976. The molecule has 0 amide bonds. The van der Waals surface area contributed by atoms with Crippen molar-refractivity contribution in [1.29, 1.82) is 0 Å². The van der Waals surface area contributed by atoms with Crippen molar-refractivity contribution in [2.24, 2.45) is 0 Å². The van der Waals surface area contributed by atoms with Crippen LogP contribution in [0.15, 0.2) is 40.5 Å². The standard InChI is InChI=1S/C14H11NO3S.C2HF3O2/c1-18-9-4-2-8(3-5-9)11-12(16)13(17)14-10(15-11)6-7-19-14;3-2(4,5)1(6)7/h2-7,16H,1H3,(H,15,17);(H,6,7). The number of aromatic amines is 1. The van der Waals surface area contributed by atoms with E-state index in [9.17, 15) is 23.1 Å². The molecular weight excluding hydrogens is 375 g/mol. The lowest BCUT2D eigenvalue weighted by Crippen LogP contribution is -2.21. The second-order valence-corrected chi connectivity index (χ2v) is 5.79. The summed E-state index contributed by atoms with van der Waals surface area (Å²) in [5, 5.41) is 19.0. The van der Waals surface area contributed by atoms with E-state index in [0.29, 0.717) is 10.4 Å². The third-order valence-corrected chi connectivity index (χ3v) is 4.12. The normalized spacial score (nSPS) is 10.9. The largest absolute Gasteiger partial charge is 0.503 e. The number of pyridine rings is 1. The molecule has 138 valence electrons. The predicted molar refractivity (Wildman–Crippen MR) is 89.8 cm³/mol. The van der Waals surface area contributed by atoms with Crippen LogP contribution < -0.4 is 10.2 Å². The molecule has 0 fully saturated rings. The summed E-state index contributed by atoms with van der Waals surface area (Å²) in [6.45, 7) is 0. The van der Waals surface area contributed by atoms with E-state index in [-0.39, 0.29) is 11.2 Å². The number of thiophene rings is 1. The van der Waals surface area contributed by atoms with Gasteiger partial charge >= 0.3 is 12.1 Å². The fourth-order valence-electron chi connectivity index (χ4n) is 1.97. The lowest BCUT2D eigenvalue weighted by atomic mass is 10.1. The first-order valence-corrected chi connectivity index (χ1v) is 7.80. The molecule has 0 aliphatic carbocycles. The van der Waals surface area contributed by atoms with E-state index in [2.05, 4.69) is 4.98 Å². The number of methoxy groups -OCH3 is 1. The summed E-state index contributed by atoms with van der Waals surface area (Å²) >= 11 is 1.31. The SMILES string of the molecule is COc1ccc(-c2[nH]c3ccsc3c(=O)c2O)cc1.O=C(O)C(F)(F)F. The predicted octanol–water partition coefficient (Wildman–Crippen LogP) is 3.60. The molecule has 2 aromatic heterocycles. The van der Waals surface area contributed by atoms with Gasteiger partial charge in [-0.15, -0.1) is 11.3 Å². The molecule has 0 aliphatic rings. The van der Waals surface area contributed by atoms with Crippen LogP contribution in [0.5, 0.6) is 11.5 Å². The van der Waals surface area contributed by atoms with E-state index in [0.717, 1.165) is 16.8 Å². The van der Waals surface area contributed by atoms with E-state index in [4.69, 9.17) is 14.6 Å². The fourth-order valence-corrected chi connectivity index (χ4v) is 2.76. The van der Waals surface area contributed by atoms with Crippen LogP contribution >= 0.6 is 11.3 Å². The number of aromatic nitrogens is 1. The Kier molecular flexibility index (Phi) is 5.56. The number of rotatable bonds is 2. The minimum Gasteiger partial charge on any atom is -0.503 e. The molecule has 0 atom stereocenters. The Morgan fingerprint density at radius 2 is 1.77 bits per heavy atom. The first kappa shape index (κ1) is 19.3. The molecule has 3 aromatic rings. The van der Waals surface area contributed by atoms with Crippen molar-refractivity contribution in [3.05, 3.63) is 45.9 Å². The van der Waals surface area contributed by atoms with Gasteiger partial charge in [0, 0.05) is 5.56 Å². The maximum absolute atomic E-state index is 12.0. The maximum Gasteiger partial charge on any atom is 0.490 e. The number of nitrogens with one attached hydrogen (secondary N) is 1. The number of alkyl halides is 3. The van der Waals surface area contributed by atoms with Crippen LogP contribution in [0.1, 0.15) is 0 Å². The molecule has 0 saturated carbocycles. The van der Waals surface area contributed by atoms with Crippen molar-refractivity contribution < 1.29 is 32.9 Å². The summed E-state index contributed by atoms with van der Waals surface area (Å²) in [5.41, 5.74) is 1.57. The number of halogens is 3. The Hall–Kier alpha value is -3.01. The van der Waals surface area contributed by atoms with Gasteiger partial charge in [-0.2, -0.15) is 13.2 Å². The zero-order valence-electron chi connectivity index (χ0n) is 13.1. The molecule has 26 heavy (non-hydrogen) atoms. The number of ether oxygens (including phenoxy) is 1. The van der Waals surface area contributed by atoms with Gasteiger partial charge in [-0.05, 0) is 35.7 Å². The summed E-state index contributed by atoms with van der Waals surface area (Å²) < 4.78 is 37.4. The molecule has 1 aromatic carbocycles. The highest BCUT2D eigenvalue weighted by atomic mass is 32.1. The molecule has 3 N–H and O–H groups in total. The number of carboxylic acid groups (broad SMARTS) is 1. The molecule has 10 heteroatoms. The van der Waals surface area contributed by atoms with E-state index >= 15 is 0 Å². The van der Waals surface area contributed by atoms with Crippen LogP contribution in [0.4, 0.5) is 13.2 Å². The van der Waals surface area contributed by atoms with Crippen LogP contribution in [-0.2, 0) is 4.79 Å². The number of fused-ring (bicyclic) bond motifs is 1. The van der Waals surface area contributed by atoms with E-state index < -0.39 is 12.1 Å². The van der Waals surface area contributed by atoms with Crippen molar-refractivity contribution in [3.63, 3.8) is 0 Å². The lowest BCUT2D eigenvalue weighted by Gasteiger charge is -2.06. The van der Waals surface area contributed by atoms with Gasteiger partial charge in [-0.3, -0.25) is 4.79 Å². The summed E-state index contributed by atoms with van der Waals surface area (Å²) in [6.07, 6.45) is -5.08. The first-order valence-electron chi connectivity index (χ1n) is 6.92. The number of hydrogen-bond donors (Lipinski definition) is 3. The van der Waals surface area contributed by atoms with Gasteiger partial charge in [-0.1, -0.05) is 0 Å². The van der Waals surface area contributed by atoms with E-state index in [1.165, 1.54) is 11.3 Å². The minimum atomic E-state index is -5.08. The number of aliphatic carboxylic acids is 1. The number of H-pyrrole nitrogens is 1. The van der Waals surface area contributed by atoms with Crippen molar-refractivity contribution in [3.8, 4) is 22.8 Å². The highest BCUT2D eigenvalue weighted by Crippen LogP contribution is 2.29. The van der Waals surface area contributed by atoms with E-state index in [1.807, 2.05) is 11.4 Å². The Morgan fingerprint density at radius 1 is 1.19 bits per heavy atom. The minimum absolute atomic E-state index is 0.250. The molecule has 0 unspecified atom stereocenters. The molecular formula is C16H12F3NO5S. The average Bonchev–Trinajstić information content (AvgIpc) is 3.06. The van der Waals surface area contributed by atoms with Crippen molar-refractivity contribution in [2.75, 3.05) is 7.11 Å². The Labute approximate surface area is 148 Å². The molecule has 2 heterocycles. The molecule has 0 aliphatic heterocycles. The van der Waals surface area contributed by atoms with Crippen molar-refractivity contribution in [1.82, 2.24) is 4.98 Å². The van der Waals surface area contributed by atoms with Crippen molar-refractivity contribution >= 4 is 27.5 Å². The van der Waals surface area contributed by atoms with Gasteiger partial charge in [0.2, 0.25) is 5.43 Å². The monoisotopic (exact) mass is 387 g/mol. The number of carbonyl (C=O) groups is 1. The van der Waals surface area contributed by atoms with Gasteiger partial charge < -0.3 is 19.9 Å². The zero-order valence-corrected chi connectivity index (χ0v) is 13.9. The van der Waals surface area contributed by atoms with Crippen LogP contribution in [0.2, 0.25) is 0 Å². The highest BCUT2D eigenvalue weighted by Gasteiger charge is 2.38. The molecule has 0 radical (unpaired) electrons. The summed E-state index contributed by atoms with van der Waals surface area (Å²) in [4.78, 5) is 24.0. The highest BCUT2D eigenvalue weighted by molar-refractivity contribution is 7.17. The zero-order chi connectivity index (χ0) is 19.5. The third kappa shape index (κ3) is 4.14. The Balaban J connectivity index is 0.000000298. The second kappa shape index (κ2) is 7.48.